The quantitative estimate of drug-likeness (QED) is 0.841. The molecule has 1 fully saturated rings. The monoisotopic (exact) mass is 346 g/mol. The molecule has 0 saturated carbocycles. The van der Waals surface area contributed by atoms with Gasteiger partial charge in [-0.2, -0.15) is 11.3 Å². The standard InChI is InChI=1S/C18H22N2OS2/c1-13(20-7-2-3-16(20)15-5-9-22-12-15)18(21)19-8-4-17-14(11-19)6-10-23-17/h5-6,9-10,12-13,16H,2-4,7-8,11H2,1H3/t13-,16-/m0/s1. The first kappa shape index (κ1) is 15.4. The van der Waals surface area contributed by atoms with Gasteiger partial charge in [-0.1, -0.05) is 0 Å². The van der Waals surface area contributed by atoms with Crippen LogP contribution in [0.3, 0.4) is 0 Å². The van der Waals surface area contributed by atoms with Crippen LogP contribution in [0.2, 0.25) is 0 Å². The summed E-state index contributed by atoms with van der Waals surface area (Å²) in [5.41, 5.74) is 2.73. The predicted molar refractivity (Wildman–Crippen MR) is 95.9 cm³/mol. The number of nitrogens with zero attached hydrogens (tertiary/aromatic N) is 2. The van der Waals surface area contributed by atoms with Crippen LogP contribution in [0.5, 0.6) is 0 Å². The molecule has 2 aliphatic rings. The lowest BCUT2D eigenvalue weighted by atomic mass is 10.1. The average Bonchev–Trinajstić information content (AvgIpc) is 3.32. The zero-order chi connectivity index (χ0) is 15.8. The fourth-order valence-electron chi connectivity index (χ4n) is 3.92. The van der Waals surface area contributed by atoms with Crippen LogP contribution in [-0.2, 0) is 17.8 Å². The number of fused-ring (bicyclic) bond motifs is 1. The van der Waals surface area contributed by atoms with Gasteiger partial charge in [0.25, 0.3) is 0 Å². The average molecular weight is 347 g/mol. The van der Waals surface area contributed by atoms with E-state index in [1.807, 2.05) is 11.3 Å². The van der Waals surface area contributed by atoms with Crippen LogP contribution in [0, 0.1) is 0 Å². The van der Waals surface area contributed by atoms with Crippen molar-refractivity contribution >= 4 is 28.6 Å². The third-order valence-corrected chi connectivity index (χ3v) is 6.92. The second kappa shape index (κ2) is 6.38. The third-order valence-electron chi connectivity index (χ3n) is 5.20. The zero-order valence-electron chi connectivity index (χ0n) is 13.4. The molecular weight excluding hydrogens is 324 g/mol. The van der Waals surface area contributed by atoms with Gasteiger partial charge in [-0.25, -0.2) is 0 Å². The molecule has 4 rings (SSSR count). The van der Waals surface area contributed by atoms with E-state index in [0.717, 1.165) is 26.1 Å². The number of rotatable bonds is 3. The van der Waals surface area contributed by atoms with Gasteiger partial charge in [-0.3, -0.25) is 9.69 Å². The lowest BCUT2D eigenvalue weighted by molar-refractivity contribution is -0.137. The number of likely N-dealkylation sites (tertiary alicyclic amines) is 1. The van der Waals surface area contributed by atoms with Gasteiger partial charge in [0.2, 0.25) is 5.91 Å². The summed E-state index contributed by atoms with van der Waals surface area (Å²) in [7, 11) is 0. The van der Waals surface area contributed by atoms with Gasteiger partial charge < -0.3 is 4.90 Å². The first-order chi connectivity index (χ1) is 11.2. The van der Waals surface area contributed by atoms with E-state index in [9.17, 15) is 4.79 Å². The van der Waals surface area contributed by atoms with Crippen LogP contribution >= 0.6 is 22.7 Å². The molecule has 2 aromatic heterocycles. The summed E-state index contributed by atoms with van der Waals surface area (Å²) < 4.78 is 0. The molecule has 5 heteroatoms. The van der Waals surface area contributed by atoms with Gasteiger partial charge in [0.1, 0.15) is 0 Å². The van der Waals surface area contributed by atoms with Crippen LogP contribution in [0.25, 0.3) is 0 Å². The van der Waals surface area contributed by atoms with E-state index in [0.29, 0.717) is 11.9 Å². The first-order valence-electron chi connectivity index (χ1n) is 8.36. The topological polar surface area (TPSA) is 23.6 Å². The van der Waals surface area contributed by atoms with Crippen LogP contribution < -0.4 is 0 Å². The fourth-order valence-corrected chi connectivity index (χ4v) is 5.51. The maximum absolute atomic E-state index is 13.0. The maximum atomic E-state index is 13.0. The largest absolute Gasteiger partial charge is 0.337 e. The summed E-state index contributed by atoms with van der Waals surface area (Å²) in [5, 5.41) is 6.52. The van der Waals surface area contributed by atoms with Crippen molar-refractivity contribution in [3.05, 3.63) is 44.3 Å². The number of amides is 1. The molecule has 0 aliphatic carbocycles. The Bertz CT molecular complexity index is 679. The first-order valence-corrected chi connectivity index (χ1v) is 10.2. The highest BCUT2D eigenvalue weighted by molar-refractivity contribution is 7.10. The number of hydrogen-bond acceptors (Lipinski definition) is 4. The number of carbonyl (C=O) groups is 1. The molecule has 0 bridgehead atoms. The Kier molecular flexibility index (Phi) is 4.26. The third kappa shape index (κ3) is 2.86. The van der Waals surface area contributed by atoms with E-state index in [4.69, 9.17) is 0 Å². The molecule has 0 aromatic carbocycles. The molecule has 122 valence electrons. The molecule has 0 spiro atoms. The van der Waals surface area contributed by atoms with Gasteiger partial charge in [-0.05, 0) is 72.1 Å². The van der Waals surface area contributed by atoms with Crippen LogP contribution in [0.15, 0.2) is 28.3 Å². The Labute approximate surface area is 145 Å². The lowest BCUT2D eigenvalue weighted by Crippen LogP contribution is -2.48. The van der Waals surface area contributed by atoms with Gasteiger partial charge in [0.15, 0.2) is 0 Å². The van der Waals surface area contributed by atoms with Crippen molar-refractivity contribution in [2.75, 3.05) is 13.1 Å². The zero-order valence-corrected chi connectivity index (χ0v) is 15.0. The minimum Gasteiger partial charge on any atom is -0.337 e. The highest BCUT2D eigenvalue weighted by Gasteiger charge is 2.35. The van der Waals surface area contributed by atoms with E-state index >= 15 is 0 Å². The van der Waals surface area contributed by atoms with Gasteiger partial charge >= 0.3 is 0 Å². The molecule has 2 aromatic rings. The highest BCUT2D eigenvalue weighted by atomic mass is 32.1. The van der Waals surface area contributed by atoms with Crippen molar-refractivity contribution in [3.63, 3.8) is 0 Å². The molecule has 0 radical (unpaired) electrons. The van der Waals surface area contributed by atoms with E-state index in [2.05, 4.69) is 45.0 Å². The van der Waals surface area contributed by atoms with E-state index < -0.39 is 0 Å². The van der Waals surface area contributed by atoms with E-state index in [1.165, 1.54) is 28.8 Å². The summed E-state index contributed by atoms with van der Waals surface area (Å²) in [6, 6.07) is 4.78. The minimum atomic E-state index is -0.0254. The van der Waals surface area contributed by atoms with Crippen LogP contribution in [-0.4, -0.2) is 34.8 Å². The smallest absolute Gasteiger partial charge is 0.239 e. The van der Waals surface area contributed by atoms with Gasteiger partial charge in [-0.15, -0.1) is 11.3 Å². The molecule has 0 N–H and O–H groups in total. The van der Waals surface area contributed by atoms with Gasteiger partial charge in [0, 0.05) is 24.0 Å². The van der Waals surface area contributed by atoms with Crippen molar-refractivity contribution in [2.45, 2.75) is 44.8 Å². The van der Waals surface area contributed by atoms with Gasteiger partial charge in [0.05, 0.1) is 6.04 Å². The summed E-state index contributed by atoms with van der Waals surface area (Å²) in [6.07, 6.45) is 3.37. The second-order valence-electron chi connectivity index (χ2n) is 6.51. The van der Waals surface area contributed by atoms with Crippen molar-refractivity contribution < 1.29 is 4.79 Å². The van der Waals surface area contributed by atoms with Crippen LogP contribution in [0.1, 0.15) is 41.8 Å². The Morgan fingerprint density at radius 3 is 3.04 bits per heavy atom. The Morgan fingerprint density at radius 2 is 2.22 bits per heavy atom. The predicted octanol–water partition coefficient (Wildman–Crippen LogP) is 3.92. The van der Waals surface area contributed by atoms with E-state index in [1.54, 1.807) is 11.3 Å². The SMILES string of the molecule is C[C@@H](C(=O)N1CCc2sccc2C1)N1CCC[C@H]1c1ccsc1. The van der Waals surface area contributed by atoms with Crippen molar-refractivity contribution in [2.24, 2.45) is 0 Å². The van der Waals surface area contributed by atoms with Crippen molar-refractivity contribution in [1.82, 2.24) is 9.80 Å². The molecule has 23 heavy (non-hydrogen) atoms. The maximum Gasteiger partial charge on any atom is 0.239 e. The normalized spacial score (nSPS) is 23.0. The summed E-state index contributed by atoms with van der Waals surface area (Å²) in [6.45, 7) is 4.79. The summed E-state index contributed by atoms with van der Waals surface area (Å²) in [5.74, 6) is 0.295. The fraction of sp³-hybridized carbons (Fsp3) is 0.500. The number of hydrogen-bond donors (Lipinski definition) is 0. The molecule has 2 aliphatic heterocycles. The molecule has 3 nitrogen and oxygen atoms in total. The second-order valence-corrected chi connectivity index (χ2v) is 8.29. The number of carbonyl (C=O) groups excluding carboxylic acids is 1. The molecule has 0 unspecified atom stereocenters. The molecule has 2 atom stereocenters. The highest BCUT2D eigenvalue weighted by Crippen LogP contribution is 2.35. The Hall–Kier alpha value is -1.17. The molecular formula is C18H22N2OS2. The summed E-state index contributed by atoms with van der Waals surface area (Å²) >= 11 is 3.57. The molecule has 1 amide bonds. The number of thiophene rings is 2. The van der Waals surface area contributed by atoms with Crippen LogP contribution in [0.4, 0.5) is 0 Å². The molecule has 4 heterocycles. The van der Waals surface area contributed by atoms with E-state index in [-0.39, 0.29) is 6.04 Å². The minimum absolute atomic E-state index is 0.0254. The summed E-state index contributed by atoms with van der Waals surface area (Å²) in [4.78, 5) is 18.9. The van der Waals surface area contributed by atoms with Crippen molar-refractivity contribution in [1.29, 1.82) is 0 Å². The van der Waals surface area contributed by atoms with Crippen molar-refractivity contribution in [3.8, 4) is 0 Å². The Morgan fingerprint density at radius 1 is 1.30 bits per heavy atom. The molecule has 1 saturated heterocycles. The Balaban J connectivity index is 1.48. The lowest BCUT2D eigenvalue weighted by Gasteiger charge is -2.35.